The molecule has 0 spiro atoms. The van der Waals surface area contributed by atoms with Crippen molar-refractivity contribution in [2.45, 2.75) is 0 Å². The SMILES string of the molecule is O=C(O)c1cc(I)cc(I)c1O.[H-].[Na+]. The molecule has 0 aromatic heterocycles. The zero-order valence-corrected chi connectivity index (χ0v) is 13.0. The molecule has 0 heterocycles. The van der Waals surface area contributed by atoms with Crippen molar-refractivity contribution >= 4 is 51.2 Å². The second-order valence-electron chi connectivity index (χ2n) is 2.09. The standard InChI is InChI=1S/C7H4I2O3.Na.H/c8-3-1-4(7(11)12)6(10)5(9)2-3;;/h1-2,10H,(H,11,12);;/q;+1;-1. The summed E-state index contributed by atoms with van der Waals surface area (Å²) in [6.07, 6.45) is 0. The molecule has 0 aliphatic carbocycles. The van der Waals surface area contributed by atoms with Gasteiger partial charge in [0.15, 0.2) is 0 Å². The molecule has 0 saturated carbocycles. The van der Waals surface area contributed by atoms with Crippen molar-refractivity contribution in [2.24, 2.45) is 0 Å². The number of aromatic carboxylic acids is 1. The number of halogens is 2. The van der Waals surface area contributed by atoms with Crippen molar-refractivity contribution in [3.63, 3.8) is 0 Å². The Morgan fingerprint density at radius 3 is 2.38 bits per heavy atom. The summed E-state index contributed by atoms with van der Waals surface area (Å²) < 4.78 is 1.35. The largest absolute Gasteiger partial charge is 1.00 e. The van der Waals surface area contributed by atoms with Crippen LogP contribution < -0.4 is 29.6 Å². The maximum absolute atomic E-state index is 10.6. The quantitative estimate of drug-likeness (QED) is 0.478. The van der Waals surface area contributed by atoms with E-state index in [0.29, 0.717) is 3.57 Å². The third-order valence-corrected chi connectivity index (χ3v) is 2.70. The molecule has 1 rings (SSSR count). The van der Waals surface area contributed by atoms with Crippen LogP contribution in [-0.2, 0) is 0 Å². The number of phenols is 1. The average molecular weight is 414 g/mol. The van der Waals surface area contributed by atoms with E-state index < -0.39 is 5.97 Å². The number of hydrogen-bond acceptors (Lipinski definition) is 2. The molecule has 1 aromatic carbocycles. The summed E-state index contributed by atoms with van der Waals surface area (Å²) in [6, 6.07) is 3.14. The van der Waals surface area contributed by atoms with Crippen LogP contribution in [0, 0.1) is 7.14 Å². The molecule has 0 unspecified atom stereocenters. The van der Waals surface area contributed by atoms with Crippen LogP contribution in [0.2, 0.25) is 0 Å². The van der Waals surface area contributed by atoms with Crippen molar-refractivity contribution in [1.29, 1.82) is 0 Å². The summed E-state index contributed by atoms with van der Waals surface area (Å²) in [5.41, 5.74) is -0.0497. The predicted molar refractivity (Wildman–Crippen MR) is 61.6 cm³/mol. The molecule has 0 radical (unpaired) electrons. The van der Waals surface area contributed by atoms with E-state index in [1.165, 1.54) is 6.07 Å². The Balaban J connectivity index is 0. The van der Waals surface area contributed by atoms with Gasteiger partial charge in [0.25, 0.3) is 0 Å². The van der Waals surface area contributed by atoms with Crippen LogP contribution in [0.3, 0.4) is 0 Å². The van der Waals surface area contributed by atoms with E-state index in [0.717, 1.165) is 3.57 Å². The van der Waals surface area contributed by atoms with Gasteiger partial charge in [0.05, 0.1) is 3.57 Å². The second-order valence-corrected chi connectivity index (χ2v) is 4.50. The summed E-state index contributed by atoms with van der Waals surface area (Å²) in [5.74, 6) is -1.27. The van der Waals surface area contributed by atoms with E-state index in [2.05, 4.69) is 0 Å². The number of carboxylic acid groups (broad SMARTS) is 1. The predicted octanol–water partition coefficient (Wildman–Crippen LogP) is -0.584. The molecule has 0 saturated heterocycles. The molecule has 2 N–H and O–H groups in total. The monoisotopic (exact) mass is 414 g/mol. The molecule has 0 aliphatic rings. The van der Waals surface area contributed by atoms with Crippen molar-refractivity contribution in [2.75, 3.05) is 0 Å². The molecule has 0 atom stereocenters. The molecule has 6 heteroatoms. The maximum Gasteiger partial charge on any atom is 1.00 e. The van der Waals surface area contributed by atoms with Crippen LogP contribution >= 0.6 is 45.2 Å². The first kappa shape index (κ1) is 13.9. The van der Waals surface area contributed by atoms with Gasteiger partial charge in [0.2, 0.25) is 0 Å². The molecule has 3 nitrogen and oxygen atoms in total. The van der Waals surface area contributed by atoms with Gasteiger partial charge in [-0.05, 0) is 57.3 Å². The first-order valence-electron chi connectivity index (χ1n) is 2.93. The molecule has 66 valence electrons. The third-order valence-electron chi connectivity index (χ3n) is 1.26. The fraction of sp³-hybridized carbons (Fsp3) is 0. The van der Waals surface area contributed by atoms with Crippen molar-refractivity contribution in [3.8, 4) is 5.75 Å². The normalized spacial score (nSPS) is 9.08. The van der Waals surface area contributed by atoms with Crippen LogP contribution in [0.15, 0.2) is 12.1 Å². The fourth-order valence-electron chi connectivity index (χ4n) is 0.729. The van der Waals surface area contributed by atoms with Crippen molar-refractivity contribution in [3.05, 3.63) is 24.8 Å². The van der Waals surface area contributed by atoms with Gasteiger partial charge >= 0.3 is 35.5 Å². The molecule has 0 bridgehead atoms. The Morgan fingerprint density at radius 1 is 1.38 bits per heavy atom. The number of carboxylic acids is 1. The summed E-state index contributed by atoms with van der Waals surface area (Å²) in [5, 5.41) is 17.9. The summed E-state index contributed by atoms with van der Waals surface area (Å²) in [4.78, 5) is 10.6. The van der Waals surface area contributed by atoms with Crippen molar-refractivity contribution in [1.82, 2.24) is 0 Å². The molecule has 1 aromatic rings. The van der Waals surface area contributed by atoms with Crippen LogP contribution in [0.5, 0.6) is 5.75 Å². The molecular formula is C7H5I2NaO3. The van der Waals surface area contributed by atoms with Gasteiger partial charge in [-0.2, -0.15) is 0 Å². The van der Waals surface area contributed by atoms with Gasteiger partial charge in [-0.1, -0.05) is 0 Å². The van der Waals surface area contributed by atoms with E-state index in [1.54, 1.807) is 6.07 Å². The van der Waals surface area contributed by atoms with Gasteiger partial charge < -0.3 is 11.6 Å². The van der Waals surface area contributed by atoms with Gasteiger partial charge in [-0.3, -0.25) is 0 Å². The average Bonchev–Trinajstić information content (AvgIpc) is 1.96. The Bertz CT molecular complexity index is 346. The fourth-order valence-corrected chi connectivity index (χ4v) is 2.57. The second kappa shape index (κ2) is 5.74. The molecule has 0 fully saturated rings. The Hall–Kier alpha value is 0.950. The molecule has 0 amide bonds. The van der Waals surface area contributed by atoms with Crippen LogP contribution in [-0.4, -0.2) is 16.2 Å². The summed E-state index contributed by atoms with van der Waals surface area (Å²) >= 11 is 3.89. The Labute approximate surface area is 126 Å². The van der Waals surface area contributed by atoms with E-state index >= 15 is 0 Å². The smallest absolute Gasteiger partial charge is 1.00 e. The minimum atomic E-state index is -1.11. The third kappa shape index (κ3) is 3.54. The minimum absolute atomic E-state index is 0. The van der Waals surface area contributed by atoms with Gasteiger partial charge in [0, 0.05) is 3.57 Å². The first-order chi connectivity index (χ1) is 5.52. The zero-order chi connectivity index (χ0) is 9.30. The molecule has 13 heavy (non-hydrogen) atoms. The number of benzene rings is 1. The van der Waals surface area contributed by atoms with Gasteiger partial charge in [0.1, 0.15) is 11.3 Å². The Kier molecular flexibility index (Phi) is 6.16. The van der Waals surface area contributed by atoms with Crippen LogP contribution in [0.1, 0.15) is 11.8 Å². The summed E-state index contributed by atoms with van der Waals surface area (Å²) in [6.45, 7) is 0. The van der Waals surface area contributed by atoms with Gasteiger partial charge in [-0.15, -0.1) is 0 Å². The Morgan fingerprint density at radius 2 is 1.92 bits per heavy atom. The minimum Gasteiger partial charge on any atom is -1.00 e. The summed E-state index contributed by atoms with van der Waals surface area (Å²) in [7, 11) is 0. The van der Waals surface area contributed by atoms with E-state index in [9.17, 15) is 9.90 Å². The molecular weight excluding hydrogens is 409 g/mol. The molecule has 0 aliphatic heterocycles. The zero-order valence-electron chi connectivity index (χ0n) is 7.71. The van der Waals surface area contributed by atoms with Crippen LogP contribution in [0.4, 0.5) is 0 Å². The maximum atomic E-state index is 10.6. The van der Waals surface area contributed by atoms with Gasteiger partial charge in [-0.25, -0.2) is 4.79 Å². The first-order valence-corrected chi connectivity index (χ1v) is 5.09. The van der Waals surface area contributed by atoms with E-state index in [-0.39, 0.29) is 42.3 Å². The van der Waals surface area contributed by atoms with E-state index in [1.807, 2.05) is 45.2 Å². The van der Waals surface area contributed by atoms with Crippen LogP contribution in [0.25, 0.3) is 0 Å². The van der Waals surface area contributed by atoms with Crippen molar-refractivity contribution < 1.29 is 46.0 Å². The number of hydrogen-bond donors (Lipinski definition) is 2. The topological polar surface area (TPSA) is 57.5 Å². The number of aromatic hydroxyl groups is 1. The number of rotatable bonds is 1. The van der Waals surface area contributed by atoms with E-state index in [4.69, 9.17) is 5.11 Å². The number of carbonyl (C=O) groups is 1.